The summed E-state index contributed by atoms with van der Waals surface area (Å²) in [6, 6.07) is -0.578. The van der Waals surface area contributed by atoms with Gasteiger partial charge in [-0.1, -0.05) is 244 Å². The number of amides is 1. The zero-order chi connectivity index (χ0) is 43.0. The average molecular weight is 834 g/mol. The number of carbonyl (C=O) groups excluding carboxylic acids is 2. The fraction of sp³-hybridized carbons (Fsp3) is 0.925. The molecule has 1 amide bonds. The number of aliphatic hydroxyl groups is 2. The molecule has 0 saturated carbocycles. The Morgan fingerprint density at radius 2 is 0.814 bits per heavy atom. The smallest absolute Gasteiger partial charge is 0.305 e. The number of carbonyl (C=O) groups is 2. The summed E-state index contributed by atoms with van der Waals surface area (Å²) in [5, 5.41) is 23.2. The van der Waals surface area contributed by atoms with Crippen LogP contribution in [0.3, 0.4) is 0 Å². The number of aliphatic hydroxyl groups excluding tert-OH is 2. The molecule has 3 N–H and O–H groups in total. The molecule has 0 heterocycles. The second-order valence-electron chi connectivity index (χ2n) is 18.2. The van der Waals surface area contributed by atoms with E-state index in [9.17, 15) is 19.8 Å². The highest BCUT2D eigenvalue weighted by Crippen LogP contribution is 2.17. The van der Waals surface area contributed by atoms with Gasteiger partial charge in [-0.05, 0) is 44.9 Å². The van der Waals surface area contributed by atoms with E-state index in [1.54, 1.807) is 0 Å². The molecule has 0 aromatic rings. The average Bonchev–Trinajstić information content (AvgIpc) is 3.24. The molecular formula is C53H103NO5. The zero-order valence-corrected chi connectivity index (χ0v) is 39.7. The molecule has 2 unspecified atom stereocenters. The van der Waals surface area contributed by atoms with Crippen molar-refractivity contribution in [3.63, 3.8) is 0 Å². The predicted octanol–water partition coefficient (Wildman–Crippen LogP) is 15.7. The molecule has 350 valence electrons. The van der Waals surface area contributed by atoms with E-state index in [0.717, 1.165) is 70.6 Å². The van der Waals surface area contributed by atoms with Crippen molar-refractivity contribution in [3.8, 4) is 0 Å². The summed E-state index contributed by atoms with van der Waals surface area (Å²) >= 11 is 0. The summed E-state index contributed by atoms with van der Waals surface area (Å²) in [5.74, 6) is -0.125. The third kappa shape index (κ3) is 45.9. The van der Waals surface area contributed by atoms with Gasteiger partial charge in [0, 0.05) is 12.8 Å². The van der Waals surface area contributed by atoms with Crippen molar-refractivity contribution < 1.29 is 24.5 Å². The van der Waals surface area contributed by atoms with Crippen LogP contribution in [0.1, 0.15) is 290 Å². The molecule has 0 spiro atoms. The molecule has 0 saturated heterocycles. The van der Waals surface area contributed by atoms with Crippen molar-refractivity contribution in [2.24, 2.45) is 0 Å². The van der Waals surface area contributed by atoms with Gasteiger partial charge in [0.25, 0.3) is 0 Å². The van der Waals surface area contributed by atoms with Crippen LogP contribution in [0.5, 0.6) is 0 Å². The van der Waals surface area contributed by atoms with Crippen LogP contribution < -0.4 is 5.32 Å². The standard InChI is InChI=1S/C53H103NO5/c1-3-5-7-9-11-13-15-17-19-21-22-24-26-29-33-37-41-45-51(56)50(49-55)54-52(57)46-42-38-34-30-28-32-36-40-44-48-59-53(58)47-43-39-35-31-27-25-23-20-18-16-14-12-10-8-6-4-2/h30,34,50-51,55-56H,3-29,31-33,35-49H2,1-2H3,(H,54,57)/b34-30-. The summed E-state index contributed by atoms with van der Waals surface area (Å²) < 4.78 is 5.45. The van der Waals surface area contributed by atoms with E-state index >= 15 is 0 Å². The number of rotatable bonds is 49. The van der Waals surface area contributed by atoms with Gasteiger partial charge in [0.05, 0.1) is 25.4 Å². The van der Waals surface area contributed by atoms with Crippen LogP contribution >= 0.6 is 0 Å². The van der Waals surface area contributed by atoms with Crippen LogP contribution in [-0.2, 0) is 14.3 Å². The molecule has 0 radical (unpaired) electrons. The van der Waals surface area contributed by atoms with E-state index in [4.69, 9.17) is 4.74 Å². The first-order chi connectivity index (χ1) is 29.0. The third-order valence-electron chi connectivity index (χ3n) is 12.3. The van der Waals surface area contributed by atoms with Crippen LogP contribution in [-0.4, -0.2) is 47.4 Å². The Balaban J connectivity index is 3.51. The highest BCUT2D eigenvalue weighted by molar-refractivity contribution is 5.76. The summed E-state index contributed by atoms with van der Waals surface area (Å²) in [4.78, 5) is 24.5. The molecule has 0 aromatic carbocycles. The summed E-state index contributed by atoms with van der Waals surface area (Å²) in [6.07, 6.45) is 56.2. The van der Waals surface area contributed by atoms with E-state index in [-0.39, 0.29) is 18.5 Å². The highest BCUT2D eigenvalue weighted by Gasteiger charge is 2.20. The molecule has 0 rings (SSSR count). The lowest BCUT2D eigenvalue weighted by Gasteiger charge is -2.22. The first kappa shape index (κ1) is 57.6. The van der Waals surface area contributed by atoms with Gasteiger partial charge in [-0.2, -0.15) is 0 Å². The number of hydrogen-bond donors (Lipinski definition) is 3. The van der Waals surface area contributed by atoms with Crippen molar-refractivity contribution in [1.29, 1.82) is 0 Å². The summed E-state index contributed by atoms with van der Waals surface area (Å²) in [7, 11) is 0. The largest absolute Gasteiger partial charge is 0.466 e. The van der Waals surface area contributed by atoms with Crippen LogP contribution in [0.25, 0.3) is 0 Å². The SMILES string of the molecule is CCCCCCCCCCCCCCCCCCCC(O)C(CO)NC(=O)CCC/C=C\CCCCCCOC(=O)CCCCCCCCCCCCCCCCCC. The molecule has 0 aromatic heterocycles. The number of nitrogens with one attached hydrogen (secondary N) is 1. The van der Waals surface area contributed by atoms with Gasteiger partial charge in [0.15, 0.2) is 0 Å². The van der Waals surface area contributed by atoms with Crippen molar-refractivity contribution in [3.05, 3.63) is 12.2 Å². The molecule has 0 bridgehead atoms. The lowest BCUT2D eigenvalue weighted by Crippen LogP contribution is -2.45. The summed E-state index contributed by atoms with van der Waals surface area (Å²) in [6.45, 7) is 4.88. The molecule has 2 atom stereocenters. The minimum atomic E-state index is -0.694. The van der Waals surface area contributed by atoms with Gasteiger partial charge in [0.1, 0.15) is 0 Å². The van der Waals surface area contributed by atoms with Gasteiger partial charge in [-0.25, -0.2) is 0 Å². The highest BCUT2D eigenvalue weighted by atomic mass is 16.5. The topological polar surface area (TPSA) is 95.9 Å². The Kier molecular flexibility index (Phi) is 48.1. The Labute approximate surface area is 368 Å². The minimum absolute atomic E-state index is 0.0317. The van der Waals surface area contributed by atoms with Gasteiger partial charge >= 0.3 is 5.97 Å². The Hall–Kier alpha value is -1.40. The van der Waals surface area contributed by atoms with Crippen molar-refractivity contribution in [1.82, 2.24) is 5.32 Å². The first-order valence-electron chi connectivity index (χ1n) is 26.4. The molecule has 6 heteroatoms. The minimum Gasteiger partial charge on any atom is -0.466 e. The quantitative estimate of drug-likeness (QED) is 0.0322. The zero-order valence-electron chi connectivity index (χ0n) is 39.7. The Morgan fingerprint density at radius 1 is 0.458 bits per heavy atom. The maximum absolute atomic E-state index is 12.4. The number of ether oxygens (including phenoxy) is 1. The van der Waals surface area contributed by atoms with Crippen LogP contribution in [0, 0.1) is 0 Å². The molecular weight excluding hydrogens is 731 g/mol. The van der Waals surface area contributed by atoms with Crippen LogP contribution in [0.15, 0.2) is 12.2 Å². The van der Waals surface area contributed by atoms with E-state index in [1.807, 2.05) is 0 Å². The van der Waals surface area contributed by atoms with E-state index in [0.29, 0.717) is 25.9 Å². The van der Waals surface area contributed by atoms with E-state index < -0.39 is 12.1 Å². The van der Waals surface area contributed by atoms with Crippen molar-refractivity contribution in [2.45, 2.75) is 302 Å². The molecule has 59 heavy (non-hydrogen) atoms. The van der Waals surface area contributed by atoms with E-state index in [2.05, 4.69) is 31.3 Å². The number of unbranched alkanes of at least 4 members (excludes halogenated alkanes) is 36. The Morgan fingerprint density at radius 3 is 1.24 bits per heavy atom. The monoisotopic (exact) mass is 834 g/mol. The van der Waals surface area contributed by atoms with E-state index in [1.165, 1.54) is 186 Å². The first-order valence-corrected chi connectivity index (χ1v) is 26.4. The summed E-state index contributed by atoms with van der Waals surface area (Å²) in [5.41, 5.74) is 0. The fourth-order valence-electron chi connectivity index (χ4n) is 8.23. The predicted molar refractivity (Wildman–Crippen MR) is 255 cm³/mol. The third-order valence-corrected chi connectivity index (χ3v) is 12.3. The molecule has 0 aliphatic rings. The van der Waals surface area contributed by atoms with Gasteiger partial charge in [-0.15, -0.1) is 0 Å². The number of esters is 1. The maximum Gasteiger partial charge on any atom is 0.305 e. The van der Waals surface area contributed by atoms with Gasteiger partial charge in [-0.3, -0.25) is 9.59 Å². The second-order valence-corrected chi connectivity index (χ2v) is 18.2. The second kappa shape index (κ2) is 49.3. The van der Waals surface area contributed by atoms with Gasteiger partial charge in [0.2, 0.25) is 5.91 Å². The molecule has 0 fully saturated rings. The van der Waals surface area contributed by atoms with Crippen molar-refractivity contribution >= 4 is 11.9 Å². The fourth-order valence-corrected chi connectivity index (χ4v) is 8.23. The van der Waals surface area contributed by atoms with Crippen molar-refractivity contribution in [2.75, 3.05) is 13.2 Å². The number of hydrogen-bond acceptors (Lipinski definition) is 5. The maximum atomic E-state index is 12.4. The van der Waals surface area contributed by atoms with Gasteiger partial charge < -0.3 is 20.3 Å². The molecule has 6 nitrogen and oxygen atoms in total. The van der Waals surface area contributed by atoms with Crippen LogP contribution in [0.2, 0.25) is 0 Å². The number of allylic oxidation sites excluding steroid dienone is 2. The lowest BCUT2D eigenvalue weighted by atomic mass is 10.0. The lowest BCUT2D eigenvalue weighted by molar-refractivity contribution is -0.143. The van der Waals surface area contributed by atoms with Crippen LogP contribution in [0.4, 0.5) is 0 Å². The normalized spacial score (nSPS) is 12.7. The molecule has 0 aliphatic carbocycles. The molecule has 0 aliphatic heterocycles. The Bertz CT molecular complexity index is 878.